The van der Waals surface area contributed by atoms with Crippen LogP contribution in [0.1, 0.15) is 15.9 Å². The Morgan fingerprint density at radius 1 is 1.11 bits per heavy atom. The lowest BCUT2D eigenvalue weighted by Gasteiger charge is -2.07. The predicted octanol–water partition coefficient (Wildman–Crippen LogP) is 3.34. The van der Waals surface area contributed by atoms with Gasteiger partial charge in [0.2, 0.25) is 5.95 Å². The number of nitrogens with one attached hydrogen (secondary N) is 2. The number of anilines is 2. The fourth-order valence-corrected chi connectivity index (χ4v) is 2.42. The molecular formula is C20H19FN4O2. The number of ether oxygens (including phenoxy) is 1. The van der Waals surface area contributed by atoms with Gasteiger partial charge in [0.15, 0.2) is 0 Å². The Hall–Kier alpha value is -3.48. The molecule has 0 radical (unpaired) electrons. The highest BCUT2D eigenvalue weighted by atomic mass is 19.1. The summed E-state index contributed by atoms with van der Waals surface area (Å²) in [6.07, 6.45) is 3.56. The Labute approximate surface area is 156 Å². The van der Waals surface area contributed by atoms with Gasteiger partial charge in [0.25, 0.3) is 5.91 Å². The molecule has 0 spiro atoms. The molecule has 27 heavy (non-hydrogen) atoms. The highest BCUT2D eigenvalue weighted by molar-refractivity contribution is 5.93. The van der Waals surface area contributed by atoms with E-state index in [9.17, 15) is 9.18 Å². The Morgan fingerprint density at radius 3 is 2.52 bits per heavy atom. The maximum absolute atomic E-state index is 13.2. The number of nitrogens with zero attached hydrogens (tertiary/aromatic N) is 2. The second-order valence-electron chi connectivity index (χ2n) is 5.78. The number of amides is 1. The molecule has 0 saturated heterocycles. The number of hydrogen-bond donors (Lipinski definition) is 2. The normalized spacial score (nSPS) is 10.3. The van der Waals surface area contributed by atoms with Gasteiger partial charge in [-0.1, -0.05) is 18.2 Å². The predicted molar refractivity (Wildman–Crippen MR) is 101 cm³/mol. The van der Waals surface area contributed by atoms with E-state index in [1.165, 1.54) is 24.5 Å². The Balaban J connectivity index is 1.51. The average molecular weight is 366 g/mol. The number of benzene rings is 2. The summed E-state index contributed by atoms with van der Waals surface area (Å²) in [5, 5.41) is 5.71. The van der Waals surface area contributed by atoms with Crippen molar-refractivity contribution in [2.75, 3.05) is 19.0 Å². The van der Waals surface area contributed by atoms with Gasteiger partial charge in [-0.05, 0) is 42.3 Å². The van der Waals surface area contributed by atoms with Crippen molar-refractivity contribution in [2.24, 2.45) is 0 Å². The van der Waals surface area contributed by atoms with Crippen molar-refractivity contribution >= 4 is 17.5 Å². The third kappa shape index (κ3) is 5.24. The van der Waals surface area contributed by atoms with Gasteiger partial charge in [-0.3, -0.25) is 4.79 Å². The minimum atomic E-state index is -0.354. The molecule has 138 valence electrons. The molecule has 1 amide bonds. The van der Waals surface area contributed by atoms with Crippen LogP contribution in [0.2, 0.25) is 0 Å². The fraction of sp³-hybridized carbons (Fsp3) is 0.150. The molecule has 6 nitrogen and oxygen atoms in total. The molecule has 3 aromatic rings. The molecular weight excluding hydrogens is 347 g/mol. The summed E-state index contributed by atoms with van der Waals surface area (Å²) in [6.45, 7) is 0.494. The lowest BCUT2D eigenvalue weighted by molar-refractivity contribution is 0.0953. The van der Waals surface area contributed by atoms with Crippen LogP contribution in [0.25, 0.3) is 0 Å². The minimum absolute atomic E-state index is 0.249. The van der Waals surface area contributed by atoms with Crippen LogP contribution in [0.3, 0.4) is 0 Å². The summed E-state index contributed by atoms with van der Waals surface area (Å²) >= 11 is 0. The fourth-order valence-electron chi connectivity index (χ4n) is 2.42. The van der Waals surface area contributed by atoms with E-state index in [4.69, 9.17) is 4.74 Å². The summed E-state index contributed by atoms with van der Waals surface area (Å²) in [6, 6.07) is 13.7. The number of methoxy groups -OCH3 is 1. The highest BCUT2D eigenvalue weighted by Gasteiger charge is 2.07. The van der Waals surface area contributed by atoms with E-state index >= 15 is 0 Å². The molecule has 0 aliphatic carbocycles. The topological polar surface area (TPSA) is 76.1 Å². The van der Waals surface area contributed by atoms with Gasteiger partial charge in [-0.15, -0.1) is 0 Å². The molecule has 7 heteroatoms. The summed E-state index contributed by atoms with van der Waals surface area (Å²) in [5.41, 5.74) is 1.99. The number of hydrogen-bond acceptors (Lipinski definition) is 5. The summed E-state index contributed by atoms with van der Waals surface area (Å²) in [5.74, 6) is 0.482. The Kier molecular flexibility index (Phi) is 5.94. The van der Waals surface area contributed by atoms with Crippen molar-refractivity contribution in [3.8, 4) is 5.75 Å². The molecule has 0 bridgehead atoms. The Morgan fingerprint density at radius 2 is 1.85 bits per heavy atom. The van der Waals surface area contributed by atoms with E-state index in [1.54, 1.807) is 19.2 Å². The largest absolute Gasteiger partial charge is 0.497 e. The first-order valence-corrected chi connectivity index (χ1v) is 8.40. The molecule has 0 aliphatic rings. The Bertz CT molecular complexity index is 899. The van der Waals surface area contributed by atoms with Crippen LogP contribution in [-0.2, 0) is 6.42 Å². The highest BCUT2D eigenvalue weighted by Crippen LogP contribution is 2.14. The molecule has 2 aromatic carbocycles. The van der Waals surface area contributed by atoms with Crippen LogP contribution in [0.5, 0.6) is 5.75 Å². The lowest BCUT2D eigenvalue weighted by Crippen LogP contribution is -2.26. The van der Waals surface area contributed by atoms with Gasteiger partial charge in [0.05, 0.1) is 12.7 Å². The van der Waals surface area contributed by atoms with Crippen molar-refractivity contribution in [3.63, 3.8) is 0 Å². The molecule has 2 N–H and O–H groups in total. The maximum atomic E-state index is 13.2. The molecule has 1 aromatic heterocycles. The van der Waals surface area contributed by atoms with Gasteiger partial charge in [0, 0.05) is 24.6 Å². The summed E-state index contributed by atoms with van der Waals surface area (Å²) < 4.78 is 18.3. The second kappa shape index (κ2) is 8.75. The smallest absolute Gasteiger partial charge is 0.254 e. The average Bonchev–Trinajstić information content (AvgIpc) is 2.69. The lowest BCUT2D eigenvalue weighted by atomic mass is 10.1. The van der Waals surface area contributed by atoms with Gasteiger partial charge < -0.3 is 15.4 Å². The number of halogens is 1. The molecule has 0 atom stereocenters. The van der Waals surface area contributed by atoms with Gasteiger partial charge in [-0.2, -0.15) is 0 Å². The SMILES string of the molecule is COc1ccc(CCNC(=O)c2cnc(Nc3cccc(F)c3)nc2)cc1. The zero-order valence-electron chi connectivity index (χ0n) is 14.8. The van der Waals surface area contributed by atoms with Crippen molar-refractivity contribution in [1.29, 1.82) is 0 Å². The van der Waals surface area contributed by atoms with Crippen LogP contribution in [0.15, 0.2) is 60.9 Å². The zero-order valence-corrected chi connectivity index (χ0v) is 14.8. The third-order valence-corrected chi connectivity index (χ3v) is 3.85. The number of carbonyl (C=O) groups excluding carboxylic acids is 1. The molecule has 0 fully saturated rings. The van der Waals surface area contributed by atoms with Crippen LogP contribution >= 0.6 is 0 Å². The van der Waals surface area contributed by atoms with Gasteiger partial charge >= 0.3 is 0 Å². The zero-order chi connectivity index (χ0) is 19.1. The van der Waals surface area contributed by atoms with Crippen LogP contribution in [0, 0.1) is 5.82 Å². The van der Waals surface area contributed by atoms with Crippen LogP contribution in [0.4, 0.5) is 16.0 Å². The first-order valence-electron chi connectivity index (χ1n) is 8.40. The molecule has 0 aliphatic heterocycles. The van der Waals surface area contributed by atoms with E-state index in [0.29, 0.717) is 24.2 Å². The van der Waals surface area contributed by atoms with Crippen molar-refractivity contribution in [1.82, 2.24) is 15.3 Å². The van der Waals surface area contributed by atoms with Crippen LogP contribution in [-0.4, -0.2) is 29.5 Å². The van der Waals surface area contributed by atoms with Gasteiger partial charge in [0.1, 0.15) is 11.6 Å². The molecule has 1 heterocycles. The van der Waals surface area contributed by atoms with E-state index in [1.807, 2.05) is 24.3 Å². The molecule has 0 saturated carbocycles. The standard InChI is InChI=1S/C20H19FN4O2/c1-27-18-7-5-14(6-8-18)9-10-22-19(26)15-12-23-20(24-13-15)25-17-4-2-3-16(21)11-17/h2-8,11-13H,9-10H2,1H3,(H,22,26)(H,23,24,25). The van der Waals surface area contributed by atoms with Crippen molar-refractivity contribution < 1.29 is 13.9 Å². The maximum Gasteiger partial charge on any atom is 0.254 e. The number of aromatic nitrogens is 2. The monoisotopic (exact) mass is 366 g/mol. The first kappa shape index (κ1) is 18.3. The molecule has 0 unspecified atom stereocenters. The van der Waals surface area contributed by atoms with Crippen LogP contribution < -0.4 is 15.4 Å². The number of carbonyl (C=O) groups is 1. The second-order valence-corrected chi connectivity index (χ2v) is 5.78. The quantitative estimate of drug-likeness (QED) is 0.671. The number of rotatable bonds is 7. The third-order valence-electron chi connectivity index (χ3n) is 3.85. The minimum Gasteiger partial charge on any atom is -0.497 e. The summed E-state index contributed by atoms with van der Waals surface area (Å²) in [7, 11) is 1.62. The first-order chi connectivity index (χ1) is 13.1. The van der Waals surface area contributed by atoms with E-state index < -0.39 is 0 Å². The van der Waals surface area contributed by atoms with E-state index in [0.717, 1.165) is 11.3 Å². The van der Waals surface area contributed by atoms with Gasteiger partial charge in [-0.25, -0.2) is 14.4 Å². The van der Waals surface area contributed by atoms with Crippen molar-refractivity contribution in [2.45, 2.75) is 6.42 Å². The molecule has 3 rings (SSSR count). The van der Waals surface area contributed by atoms with E-state index in [2.05, 4.69) is 20.6 Å². The van der Waals surface area contributed by atoms with E-state index in [-0.39, 0.29) is 17.7 Å². The summed E-state index contributed by atoms with van der Waals surface area (Å²) in [4.78, 5) is 20.3. The van der Waals surface area contributed by atoms with Crippen molar-refractivity contribution in [3.05, 3.63) is 77.9 Å².